The van der Waals surface area contributed by atoms with Gasteiger partial charge < -0.3 is 9.47 Å². The topological polar surface area (TPSA) is 18.5 Å². The van der Waals surface area contributed by atoms with Crippen LogP contribution in [-0.2, 0) is 0 Å². The summed E-state index contributed by atoms with van der Waals surface area (Å²) in [6.45, 7) is 0. The van der Waals surface area contributed by atoms with Crippen molar-refractivity contribution in [2.45, 2.75) is 0 Å². The van der Waals surface area contributed by atoms with Crippen LogP contribution in [0.15, 0.2) is 48.5 Å². The SMILES string of the molecule is COc1cccc(/C=C(\CCl)c2cccc(OC)c2)c1. The van der Waals surface area contributed by atoms with Crippen molar-refractivity contribution in [3.8, 4) is 11.5 Å². The Morgan fingerprint density at radius 3 is 2.30 bits per heavy atom. The van der Waals surface area contributed by atoms with E-state index in [1.807, 2.05) is 48.5 Å². The number of allylic oxidation sites excluding steroid dienone is 1. The predicted molar refractivity (Wildman–Crippen MR) is 84.6 cm³/mol. The van der Waals surface area contributed by atoms with E-state index < -0.39 is 0 Å². The quantitative estimate of drug-likeness (QED) is 0.596. The summed E-state index contributed by atoms with van der Waals surface area (Å²) in [7, 11) is 3.32. The first kappa shape index (κ1) is 14.5. The molecule has 3 heteroatoms. The van der Waals surface area contributed by atoms with Crippen molar-refractivity contribution in [2.75, 3.05) is 20.1 Å². The van der Waals surface area contributed by atoms with Gasteiger partial charge in [0.25, 0.3) is 0 Å². The molecule has 0 amide bonds. The second-order valence-corrected chi connectivity index (χ2v) is 4.58. The Bertz CT molecular complexity index is 605. The van der Waals surface area contributed by atoms with Gasteiger partial charge in [0.2, 0.25) is 0 Å². The lowest BCUT2D eigenvalue weighted by atomic mass is 10.0. The maximum Gasteiger partial charge on any atom is 0.119 e. The Morgan fingerprint density at radius 2 is 1.65 bits per heavy atom. The molecular formula is C17H17ClO2. The van der Waals surface area contributed by atoms with Crippen molar-refractivity contribution in [2.24, 2.45) is 0 Å². The van der Waals surface area contributed by atoms with Crippen LogP contribution < -0.4 is 9.47 Å². The zero-order valence-electron chi connectivity index (χ0n) is 11.6. The Morgan fingerprint density at radius 1 is 1.00 bits per heavy atom. The van der Waals surface area contributed by atoms with Gasteiger partial charge in [0.05, 0.1) is 14.2 Å². The van der Waals surface area contributed by atoms with E-state index in [4.69, 9.17) is 21.1 Å². The Labute approximate surface area is 124 Å². The first-order valence-corrected chi connectivity index (χ1v) is 6.85. The molecule has 104 valence electrons. The first-order chi connectivity index (χ1) is 9.76. The molecule has 0 spiro atoms. The van der Waals surface area contributed by atoms with Crippen LogP contribution in [0.4, 0.5) is 0 Å². The molecule has 0 aliphatic carbocycles. The molecule has 0 unspecified atom stereocenters. The molecule has 2 nitrogen and oxygen atoms in total. The molecule has 0 radical (unpaired) electrons. The minimum absolute atomic E-state index is 0.435. The highest BCUT2D eigenvalue weighted by Gasteiger charge is 2.03. The van der Waals surface area contributed by atoms with Gasteiger partial charge in [-0.05, 0) is 47.0 Å². The number of methoxy groups -OCH3 is 2. The van der Waals surface area contributed by atoms with Crippen LogP contribution in [0.2, 0.25) is 0 Å². The Kier molecular flexibility index (Phi) is 5.08. The van der Waals surface area contributed by atoms with E-state index >= 15 is 0 Å². The third-order valence-corrected chi connectivity index (χ3v) is 3.31. The lowest BCUT2D eigenvalue weighted by molar-refractivity contribution is 0.414. The summed E-state index contributed by atoms with van der Waals surface area (Å²) in [6, 6.07) is 15.8. The van der Waals surface area contributed by atoms with Crippen molar-refractivity contribution in [3.05, 3.63) is 59.7 Å². The molecule has 0 aromatic heterocycles. The number of alkyl halides is 1. The minimum atomic E-state index is 0.435. The summed E-state index contributed by atoms with van der Waals surface area (Å²) in [4.78, 5) is 0. The molecule has 2 aromatic carbocycles. The number of benzene rings is 2. The van der Waals surface area contributed by atoms with Gasteiger partial charge >= 0.3 is 0 Å². The van der Waals surface area contributed by atoms with Gasteiger partial charge in [-0.1, -0.05) is 24.3 Å². The highest BCUT2D eigenvalue weighted by atomic mass is 35.5. The van der Waals surface area contributed by atoms with Gasteiger partial charge in [-0.2, -0.15) is 0 Å². The molecule has 0 saturated heterocycles. The van der Waals surface area contributed by atoms with Crippen LogP contribution in [0.1, 0.15) is 11.1 Å². The van der Waals surface area contributed by atoms with Crippen LogP contribution in [0.3, 0.4) is 0 Å². The summed E-state index contributed by atoms with van der Waals surface area (Å²) in [6.07, 6.45) is 2.06. The van der Waals surface area contributed by atoms with Crippen molar-refractivity contribution in [3.63, 3.8) is 0 Å². The maximum atomic E-state index is 6.08. The molecule has 2 aromatic rings. The van der Waals surface area contributed by atoms with Crippen molar-refractivity contribution in [1.82, 2.24) is 0 Å². The fourth-order valence-corrected chi connectivity index (χ4v) is 2.19. The molecule has 0 saturated carbocycles. The zero-order chi connectivity index (χ0) is 14.4. The fraction of sp³-hybridized carbons (Fsp3) is 0.176. The van der Waals surface area contributed by atoms with E-state index in [0.717, 1.165) is 28.2 Å². The van der Waals surface area contributed by atoms with Crippen LogP contribution >= 0.6 is 11.6 Å². The van der Waals surface area contributed by atoms with Crippen LogP contribution in [-0.4, -0.2) is 20.1 Å². The lowest BCUT2D eigenvalue weighted by Crippen LogP contribution is -1.89. The van der Waals surface area contributed by atoms with E-state index in [9.17, 15) is 0 Å². The third-order valence-electron chi connectivity index (χ3n) is 3.02. The molecule has 20 heavy (non-hydrogen) atoms. The highest BCUT2D eigenvalue weighted by Crippen LogP contribution is 2.24. The maximum absolute atomic E-state index is 6.08. The smallest absolute Gasteiger partial charge is 0.119 e. The van der Waals surface area contributed by atoms with E-state index in [0.29, 0.717) is 5.88 Å². The van der Waals surface area contributed by atoms with Gasteiger partial charge in [-0.15, -0.1) is 11.6 Å². The molecule has 0 aliphatic rings. The number of ether oxygens (including phenoxy) is 2. The van der Waals surface area contributed by atoms with Crippen LogP contribution in [0.25, 0.3) is 11.6 Å². The Hall–Kier alpha value is -1.93. The molecule has 0 fully saturated rings. The zero-order valence-corrected chi connectivity index (χ0v) is 12.4. The van der Waals surface area contributed by atoms with Gasteiger partial charge in [-0.3, -0.25) is 0 Å². The highest BCUT2D eigenvalue weighted by molar-refractivity contribution is 6.24. The monoisotopic (exact) mass is 288 g/mol. The molecular weight excluding hydrogens is 272 g/mol. The molecule has 0 atom stereocenters. The van der Waals surface area contributed by atoms with Crippen molar-refractivity contribution in [1.29, 1.82) is 0 Å². The largest absolute Gasteiger partial charge is 0.497 e. The van der Waals surface area contributed by atoms with Gasteiger partial charge in [0, 0.05) is 5.88 Å². The normalized spacial score (nSPS) is 11.2. The van der Waals surface area contributed by atoms with Gasteiger partial charge in [-0.25, -0.2) is 0 Å². The molecule has 2 rings (SSSR count). The summed E-state index contributed by atoms with van der Waals surface area (Å²) < 4.78 is 10.5. The minimum Gasteiger partial charge on any atom is -0.497 e. The van der Waals surface area contributed by atoms with Crippen LogP contribution in [0.5, 0.6) is 11.5 Å². The fourth-order valence-electron chi connectivity index (χ4n) is 1.95. The summed E-state index contributed by atoms with van der Waals surface area (Å²) >= 11 is 6.08. The van der Waals surface area contributed by atoms with Crippen LogP contribution in [0, 0.1) is 0 Å². The van der Waals surface area contributed by atoms with E-state index in [-0.39, 0.29) is 0 Å². The number of hydrogen-bond acceptors (Lipinski definition) is 2. The van der Waals surface area contributed by atoms with E-state index in [1.54, 1.807) is 14.2 Å². The van der Waals surface area contributed by atoms with Crippen molar-refractivity contribution >= 4 is 23.3 Å². The van der Waals surface area contributed by atoms with Gasteiger partial charge in [0.1, 0.15) is 11.5 Å². The predicted octanol–water partition coefficient (Wildman–Crippen LogP) is 4.48. The van der Waals surface area contributed by atoms with E-state index in [2.05, 4.69) is 6.08 Å². The summed E-state index contributed by atoms with van der Waals surface area (Å²) in [5, 5.41) is 0. The van der Waals surface area contributed by atoms with E-state index in [1.165, 1.54) is 0 Å². The molecule has 0 aliphatic heterocycles. The molecule has 0 heterocycles. The third kappa shape index (κ3) is 3.55. The summed E-state index contributed by atoms with van der Waals surface area (Å²) in [5.74, 6) is 2.09. The number of halogens is 1. The number of hydrogen-bond donors (Lipinski definition) is 0. The second kappa shape index (κ2) is 7.01. The second-order valence-electron chi connectivity index (χ2n) is 4.31. The van der Waals surface area contributed by atoms with Crippen molar-refractivity contribution < 1.29 is 9.47 Å². The average molecular weight is 289 g/mol. The molecule has 0 bridgehead atoms. The number of rotatable bonds is 5. The first-order valence-electron chi connectivity index (χ1n) is 6.32. The summed E-state index contributed by atoms with van der Waals surface area (Å²) in [5.41, 5.74) is 3.16. The Balaban J connectivity index is 2.37. The van der Waals surface area contributed by atoms with Gasteiger partial charge in [0.15, 0.2) is 0 Å². The molecule has 0 N–H and O–H groups in total. The average Bonchev–Trinajstić information content (AvgIpc) is 2.52. The standard InChI is InChI=1S/C17H17ClO2/c1-19-16-7-3-5-13(10-16)9-15(12-18)14-6-4-8-17(11-14)20-2/h3-11H,12H2,1-2H3/b15-9+. The lowest BCUT2D eigenvalue weighted by Gasteiger charge is -2.07.